The molecule has 0 amide bonds. The summed E-state index contributed by atoms with van der Waals surface area (Å²) in [4.78, 5) is 17.2. The van der Waals surface area contributed by atoms with E-state index in [4.69, 9.17) is 21.3 Å². The third-order valence-corrected chi connectivity index (χ3v) is 5.75. The van der Waals surface area contributed by atoms with Crippen LogP contribution < -0.4 is 4.74 Å². The van der Waals surface area contributed by atoms with Crippen molar-refractivity contribution in [3.63, 3.8) is 0 Å². The second-order valence-electron chi connectivity index (χ2n) is 7.49. The van der Waals surface area contributed by atoms with Gasteiger partial charge in [-0.1, -0.05) is 37.1 Å². The normalized spacial score (nSPS) is 16.0. The highest BCUT2D eigenvalue weighted by atomic mass is 35.5. The minimum atomic E-state index is -0.901. The molecule has 1 N–H and O–H groups in total. The highest BCUT2D eigenvalue weighted by Crippen LogP contribution is 2.37. The van der Waals surface area contributed by atoms with Gasteiger partial charge >= 0.3 is 5.97 Å². The molecular formula is C23H23ClN4O3. The standard InChI is InChI=1S/C23H23ClN4O3/c1-4-5-17(23(29)30)21-22-27-26-13(2)28(22)19-11-10-16(31-3)12-18(19)20(25-21)14-6-8-15(24)9-7-14/h6-12,17,21H,4-5H2,1-3H3,(H,29,30)/t17-,21+/m1/s1. The molecule has 0 unspecified atom stereocenters. The molecule has 8 heteroatoms. The molecule has 2 aromatic carbocycles. The van der Waals surface area contributed by atoms with Crippen LogP contribution in [-0.2, 0) is 4.79 Å². The summed E-state index contributed by atoms with van der Waals surface area (Å²) < 4.78 is 7.36. The van der Waals surface area contributed by atoms with Crippen molar-refractivity contribution in [1.29, 1.82) is 0 Å². The van der Waals surface area contributed by atoms with Crippen LogP contribution in [0.5, 0.6) is 5.75 Å². The van der Waals surface area contributed by atoms with Crippen molar-refractivity contribution in [2.75, 3.05) is 7.11 Å². The number of aliphatic carboxylic acids is 1. The monoisotopic (exact) mass is 438 g/mol. The minimum absolute atomic E-state index is 0.475. The second kappa shape index (κ2) is 8.51. The molecule has 0 fully saturated rings. The van der Waals surface area contributed by atoms with Crippen LogP contribution in [0.4, 0.5) is 0 Å². The number of carboxylic acids is 1. The lowest BCUT2D eigenvalue weighted by Crippen LogP contribution is -2.23. The van der Waals surface area contributed by atoms with Gasteiger partial charge in [0.2, 0.25) is 0 Å². The van der Waals surface area contributed by atoms with E-state index in [0.717, 1.165) is 16.8 Å². The van der Waals surface area contributed by atoms with Gasteiger partial charge in [0.15, 0.2) is 5.82 Å². The molecular weight excluding hydrogens is 416 g/mol. The molecule has 0 radical (unpaired) electrons. The maximum atomic E-state index is 12.2. The van der Waals surface area contributed by atoms with Crippen LogP contribution in [0.15, 0.2) is 47.5 Å². The molecule has 31 heavy (non-hydrogen) atoms. The Hall–Kier alpha value is -3.19. The zero-order valence-electron chi connectivity index (χ0n) is 17.5. The first-order valence-corrected chi connectivity index (χ1v) is 10.5. The summed E-state index contributed by atoms with van der Waals surface area (Å²) in [5.74, 6) is 0.232. The Kier molecular flexibility index (Phi) is 5.78. The van der Waals surface area contributed by atoms with Gasteiger partial charge < -0.3 is 9.84 Å². The molecule has 0 saturated carbocycles. The molecule has 3 aromatic rings. The van der Waals surface area contributed by atoms with E-state index in [9.17, 15) is 9.90 Å². The van der Waals surface area contributed by atoms with Gasteiger partial charge in [0.1, 0.15) is 17.6 Å². The Labute approximate surface area is 185 Å². The van der Waals surface area contributed by atoms with Crippen LogP contribution in [0.1, 0.15) is 48.6 Å². The van der Waals surface area contributed by atoms with Gasteiger partial charge in [0, 0.05) is 16.1 Å². The lowest BCUT2D eigenvalue weighted by Gasteiger charge is -2.19. The maximum absolute atomic E-state index is 12.2. The van der Waals surface area contributed by atoms with Gasteiger partial charge in [-0.2, -0.15) is 0 Å². The van der Waals surface area contributed by atoms with Gasteiger partial charge in [-0.15, -0.1) is 10.2 Å². The number of fused-ring (bicyclic) bond motifs is 3. The summed E-state index contributed by atoms with van der Waals surface area (Å²) in [6, 6.07) is 12.4. The van der Waals surface area contributed by atoms with Gasteiger partial charge in [-0.25, -0.2) is 0 Å². The summed E-state index contributed by atoms with van der Waals surface area (Å²) in [6.07, 6.45) is 1.19. The molecule has 0 spiro atoms. The molecule has 0 saturated heterocycles. The molecule has 1 aliphatic rings. The number of hydrogen-bond donors (Lipinski definition) is 1. The number of aliphatic imine (C=N–C) groups is 1. The van der Waals surface area contributed by atoms with Crippen molar-refractivity contribution in [2.24, 2.45) is 10.9 Å². The van der Waals surface area contributed by atoms with Gasteiger partial charge in [-0.05, 0) is 43.7 Å². The van der Waals surface area contributed by atoms with E-state index in [1.807, 2.05) is 48.7 Å². The fourth-order valence-corrected chi connectivity index (χ4v) is 4.12. The number of aromatic nitrogens is 3. The smallest absolute Gasteiger partial charge is 0.309 e. The molecule has 4 rings (SSSR count). The number of benzene rings is 2. The van der Waals surface area contributed by atoms with E-state index >= 15 is 0 Å². The third-order valence-electron chi connectivity index (χ3n) is 5.50. The van der Waals surface area contributed by atoms with Crippen LogP contribution >= 0.6 is 11.6 Å². The zero-order chi connectivity index (χ0) is 22.1. The van der Waals surface area contributed by atoms with Crippen molar-refractivity contribution in [1.82, 2.24) is 14.8 Å². The average molecular weight is 439 g/mol. The number of aryl methyl sites for hydroxylation is 1. The summed E-state index contributed by atoms with van der Waals surface area (Å²) in [5, 5.41) is 19.2. The van der Waals surface area contributed by atoms with E-state index in [1.54, 1.807) is 19.2 Å². The number of ether oxygens (including phenoxy) is 1. The molecule has 2 atom stereocenters. The highest BCUT2D eigenvalue weighted by molar-refractivity contribution is 6.30. The molecule has 160 valence electrons. The average Bonchev–Trinajstić information content (AvgIpc) is 3.07. The van der Waals surface area contributed by atoms with Crippen LogP contribution in [0.2, 0.25) is 5.02 Å². The fourth-order valence-electron chi connectivity index (χ4n) is 4.00. The van der Waals surface area contributed by atoms with Gasteiger partial charge in [0.05, 0.1) is 24.4 Å². The molecule has 7 nitrogen and oxygen atoms in total. The first kappa shape index (κ1) is 21.1. The summed E-state index contributed by atoms with van der Waals surface area (Å²) in [7, 11) is 1.61. The molecule has 1 aliphatic heterocycles. The number of halogens is 1. The number of hydrogen-bond acceptors (Lipinski definition) is 5. The van der Waals surface area contributed by atoms with Crippen LogP contribution in [0, 0.1) is 12.8 Å². The molecule has 0 aliphatic carbocycles. The summed E-state index contributed by atoms with van der Waals surface area (Å²) in [6.45, 7) is 3.82. The first-order chi connectivity index (χ1) is 14.9. The van der Waals surface area contributed by atoms with Crippen molar-refractivity contribution < 1.29 is 14.6 Å². The van der Waals surface area contributed by atoms with Crippen LogP contribution in [0.3, 0.4) is 0 Å². The number of carbonyl (C=O) groups is 1. The number of methoxy groups -OCH3 is 1. The van der Waals surface area contributed by atoms with Crippen molar-refractivity contribution >= 4 is 23.3 Å². The van der Waals surface area contributed by atoms with Crippen LogP contribution in [0.25, 0.3) is 5.69 Å². The summed E-state index contributed by atoms with van der Waals surface area (Å²) in [5.41, 5.74) is 3.15. The Bertz CT molecular complexity index is 1150. The highest BCUT2D eigenvalue weighted by Gasteiger charge is 2.36. The Morgan fingerprint density at radius 2 is 1.97 bits per heavy atom. The topological polar surface area (TPSA) is 89.6 Å². The number of carboxylic acid groups (broad SMARTS) is 1. The predicted octanol–water partition coefficient (Wildman–Crippen LogP) is 4.63. The predicted molar refractivity (Wildman–Crippen MR) is 119 cm³/mol. The SMILES string of the molecule is CCC[C@@H](C(=O)O)[C@@H]1N=C(c2ccc(Cl)cc2)c2cc(OC)ccc2-n2c(C)nnc21. The van der Waals surface area contributed by atoms with E-state index < -0.39 is 17.9 Å². The second-order valence-corrected chi connectivity index (χ2v) is 7.92. The first-order valence-electron chi connectivity index (χ1n) is 10.1. The Morgan fingerprint density at radius 1 is 1.23 bits per heavy atom. The Balaban J connectivity index is 2.04. The Morgan fingerprint density at radius 3 is 2.61 bits per heavy atom. The lowest BCUT2D eigenvalue weighted by molar-refractivity contribution is -0.142. The quantitative estimate of drug-likeness (QED) is 0.606. The largest absolute Gasteiger partial charge is 0.497 e. The zero-order valence-corrected chi connectivity index (χ0v) is 18.3. The van der Waals surface area contributed by atoms with E-state index in [-0.39, 0.29) is 0 Å². The maximum Gasteiger partial charge on any atom is 0.309 e. The fraction of sp³-hybridized carbons (Fsp3) is 0.304. The van der Waals surface area contributed by atoms with E-state index in [1.165, 1.54) is 0 Å². The molecule has 0 bridgehead atoms. The van der Waals surface area contributed by atoms with Crippen LogP contribution in [-0.4, -0.2) is 38.7 Å². The summed E-state index contributed by atoms with van der Waals surface area (Å²) >= 11 is 6.11. The molecule has 2 heterocycles. The number of nitrogens with zero attached hydrogens (tertiary/aromatic N) is 4. The van der Waals surface area contributed by atoms with E-state index in [0.29, 0.717) is 41.0 Å². The lowest BCUT2D eigenvalue weighted by atomic mass is 9.94. The van der Waals surface area contributed by atoms with Crippen molar-refractivity contribution in [3.05, 3.63) is 70.3 Å². The van der Waals surface area contributed by atoms with Gasteiger partial charge in [-0.3, -0.25) is 14.4 Å². The van der Waals surface area contributed by atoms with E-state index in [2.05, 4.69) is 10.2 Å². The molecule has 1 aromatic heterocycles. The van der Waals surface area contributed by atoms with Crippen molar-refractivity contribution in [3.8, 4) is 11.4 Å². The third kappa shape index (κ3) is 3.81. The van der Waals surface area contributed by atoms with Crippen molar-refractivity contribution in [2.45, 2.75) is 32.7 Å². The minimum Gasteiger partial charge on any atom is -0.497 e. The van der Waals surface area contributed by atoms with Gasteiger partial charge in [0.25, 0.3) is 0 Å². The number of rotatable bonds is 6.